The SMILES string of the molecule is CCCCN(CCCC)C(=O)NCCc1ccccc1F. The molecule has 0 aliphatic heterocycles. The highest BCUT2D eigenvalue weighted by Gasteiger charge is 2.11. The molecule has 0 aliphatic carbocycles. The minimum atomic E-state index is -0.208. The third-order valence-electron chi connectivity index (χ3n) is 3.48. The minimum Gasteiger partial charge on any atom is -0.338 e. The lowest BCUT2D eigenvalue weighted by Gasteiger charge is -2.22. The molecule has 0 unspecified atom stereocenters. The van der Waals surface area contributed by atoms with Crippen LogP contribution in [0.3, 0.4) is 0 Å². The van der Waals surface area contributed by atoms with Crippen LogP contribution in [0, 0.1) is 5.82 Å². The smallest absolute Gasteiger partial charge is 0.317 e. The predicted octanol–water partition coefficient (Wildman–Crippen LogP) is 3.98. The zero-order chi connectivity index (χ0) is 15.5. The lowest BCUT2D eigenvalue weighted by molar-refractivity contribution is 0.196. The molecule has 0 heterocycles. The van der Waals surface area contributed by atoms with Gasteiger partial charge in [-0.2, -0.15) is 0 Å². The van der Waals surface area contributed by atoms with Gasteiger partial charge < -0.3 is 10.2 Å². The molecule has 1 aromatic rings. The highest BCUT2D eigenvalue weighted by atomic mass is 19.1. The molecular weight excluding hydrogens is 267 g/mol. The average molecular weight is 294 g/mol. The summed E-state index contributed by atoms with van der Waals surface area (Å²) in [4.78, 5) is 14.0. The second kappa shape index (κ2) is 10.2. The number of unbranched alkanes of at least 4 members (excludes halogenated alkanes) is 2. The summed E-state index contributed by atoms with van der Waals surface area (Å²) in [5.41, 5.74) is 0.645. The number of carbonyl (C=O) groups is 1. The van der Waals surface area contributed by atoms with E-state index < -0.39 is 0 Å². The van der Waals surface area contributed by atoms with Crippen molar-refractivity contribution in [1.82, 2.24) is 10.2 Å². The van der Waals surface area contributed by atoms with Gasteiger partial charge in [0.15, 0.2) is 0 Å². The third kappa shape index (κ3) is 6.61. The summed E-state index contributed by atoms with van der Waals surface area (Å²) >= 11 is 0. The number of halogens is 1. The monoisotopic (exact) mass is 294 g/mol. The molecule has 0 radical (unpaired) electrons. The van der Waals surface area contributed by atoms with E-state index in [2.05, 4.69) is 19.2 Å². The largest absolute Gasteiger partial charge is 0.338 e. The number of urea groups is 1. The minimum absolute atomic E-state index is 0.0340. The number of amides is 2. The molecule has 2 amide bonds. The number of nitrogens with zero attached hydrogens (tertiary/aromatic N) is 1. The highest BCUT2D eigenvalue weighted by Crippen LogP contribution is 2.06. The summed E-state index contributed by atoms with van der Waals surface area (Å²) in [6, 6.07) is 6.66. The molecule has 0 spiro atoms. The van der Waals surface area contributed by atoms with Gasteiger partial charge in [0, 0.05) is 19.6 Å². The molecule has 0 saturated heterocycles. The Hall–Kier alpha value is -1.58. The van der Waals surface area contributed by atoms with Crippen LogP contribution >= 0.6 is 0 Å². The van der Waals surface area contributed by atoms with Crippen LogP contribution in [0.15, 0.2) is 24.3 Å². The standard InChI is InChI=1S/C17H27FN2O/c1-3-5-13-20(14-6-4-2)17(21)19-12-11-15-9-7-8-10-16(15)18/h7-10H,3-6,11-14H2,1-2H3,(H,19,21). The van der Waals surface area contributed by atoms with Crippen molar-refractivity contribution in [1.29, 1.82) is 0 Å². The maximum Gasteiger partial charge on any atom is 0.317 e. The van der Waals surface area contributed by atoms with Crippen LogP contribution in [-0.4, -0.2) is 30.6 Å². The summed E-state index contributed by atoms with van der Waals surface area (Å²) in [6.07, 6.45) is 4.71. The van der Waals surface area contributed by atoms with E-state index in [1.165, 1.54) is 6.07 Å². The molecule has 0 bridgehead atoms. The van der Waals surface area contributed by atoms with Crippen molar-refractivity contribution in [2.75, 3.05) is 19.6 Å². The van der Waals surface area contributed by atoms with Crippen LogP contribution in [0.25, 0.3) is 0 Å². The molecule has 21 heavy (non-hydrogen) atoms. The fraction of sp³-hybridized carbons (Fsp3) is 0.588. The zero-order valence-corrected chi connectivity index (χ0v) is 13.2. The van der Waals surface area contributed by atoms with E-state index in [0.717, 1.165) is 38.8 Å². The second-order valence-electron chi connectivity index (χ2n) is 5.27. The summed E-state index contributed by atoms with van der Waals surface area (Å²) in [5, 5.41) is 2.90. The quantitative estimate of drug-likeness (QED) is 0.734. The molecule has 1 aromatic carbocycles. The van der Waals surface area contributed by atoms with E-state index in [-0.39, 0.29) is 11.8 Å². The fourth-order valence-corrected chi connectivity index (χ4v) is 2.13. The second-order valence-corrected chi connectivity index (χ2v) is 5.27. The van der Waals surface area contributed by atoms with E-state index in [1.807, 2.05) is 11.0 Å². The molecular formula is C17H27FN2O. The van der Waals surface area contributed by atoms with Crippen LogP contribution in [-0.2, 0) is 6.42 Å². The van der Waals surface area contributed by atoms with Crippen LogP contribution in [0.2, 0.25) is 0 Å². The first kappa shape index (κ1) is 17.5. The van der Waals surface area contributed by atoms with Crippen LogP contribution in [0.4, 0.5) is 9.18 Å². The van der Waals surface area contributed by atoms with Crippen molar-refractivity contribution in [3.63, 3.8) is 0 Å². The Balaban J connectivity index is 2.40. The third-order valence-corrected chi connectivity index (χ3v) is 3.48. The van der Waals surface area contributed by atoms with Crippen molar-refractivity contribution in [2.45, 2.75) is 46.0 Å². The Kier molecular flexibility index (Phi) is 8.48. The van der Waals surface area contributed by atoms with Crippen molar-refractivity contribution < 1.29 is 9.18 Å². The van der Waals surface area contributed by atoms with E-state index in [1.54, 1.807) is 12.1 Å². The van der Waals surface area contributed by atoms with Gasteiger partial charge in [0.25, 0.3) is 0 Å². The predicted molar refractivity (Wildman–Crippen MR) is 84.9 cm³/mol. The molecule has 1 N–H and O–H groups in total. The number of nitrogens with one attached hydrogen (secondary N) is 1. The lowest BCUT2D eigenvalue weighted by atomic mass is 10.1. The normalized spacial score (nSPS) is 10.4. The Morgan fingerprint density at radius 1 is 1.14 bits per heavy atom. The van der Waals surface area contributed by atoms with Gasteiger partial charge in [-0.05, 0) is 30.9 Å². The molecule has 4 heteroatoms. The summed E-state index contributed by atoms with van der Waals surface area (Å²) in [7, 11) is 0. The molecule has 0 fully saturated rings. The van der Waals surface area contributed by atoms with Crippen molar-refractivity contribution in [2.24, 2.45) is 0 Å². The molecule has 3 nitrogen and oxygen atoms in total. The van der Waals surface area contributed by atoms with E-state index in [0.29, 0.717) is 18.5 Å². The van der Waals surface area contributed by atoms with Gasteiger partial charge in [0.2, 0.25) is 0 Å². The van der Waals surface area contributed by atoms with Gasteiger partial charge in [0.1, 0.15) is 5.82 Å². The van der Waals surface area contributed by atoms with Crippen molar-refractivity contribution in [3.8, 4) is 0 Å². The Morgan fingerprint density at radius 2 is 1.76 bits per heavy atom. The Labute approximate surface area is 127 Å². The Morgan fingerprint density at radius 3 is 2.33 bits per heavy atom. The van der Waals surface area contributed by atoms with Gasteiger partial charge >= 0.3 is 6.03 Å². The topological polar surface area (TPSA) is 32.3 Å². The average Bonchev–Trinajstić information content (AvgIpc) is 2.49. The maximum atomic E-state index is 13.5. The number of carbonyl (C=O) groups excluding carboxylic acids is 1. The molecule has 118 valence electrons. The van der Waals surface area contributed by atoms with Gasteiger partial charge in [0.05, 0.1) is 0 Å². The van der Waals surface area contributed by atoms with Gasteiger partial charge in [-0.3, -0.25) is 0 Å². The van der Waals surface area contributed by atoms with Gasteiger partial charge in [-0.15, -0.1) is 0 Å². The molecule has 0 aromatic heterocycles. The molecule has 0 saturated carbocycles. The first-order valence-electron chi connectivity index (χ1n) is 7.95. The fourth-order valence-electron chi connectivity index (χ4n) is 2.13. The summed E-state index contributed by atoms with van der Waals surface area (Å²) < 4.78 is 13.5. The van der Waals surface area contributed by atoms with E-state index >= 15 is 0 Å². The number of hydrogen-bond donors (Lipinski definition) is 1. The van der Waals surface area contributed by atoms with Crippen LogP contribution in [0.5, 0.6) is 0 Å². The summed E-state index contributed by atoms with van der Waals surface area (Å²) in [5.74, 6) is -0.208. The number of hydrogen-bond acceptors (Lipinski definition) is 1. The molecule has 0 aliphatic rings. The lowest BCUT2D eigenvalue weighted by Crippen LogP contribution is -2.41. The summed E-state index contributed by atoms with van der Waals surface area (Å²) in [6.45, 7) is 6.29. The molecule has 0 atom stereocenters. The van der Waals surface area contributed by atoms with Gasteiger partial charge in [-0.1, -0.05) is 44.9 Å². The van der Waals surface area contributed by atoms with Crippen molar-refractivity contribution in [3.05, 3.63) is 35.6 Å². The van der Waals surface area contributed by atoms with Crippen LogP contribution < -0.4 is 5.32 Å². The molecule has 1 rings (SSSR count). The van der Waals surface area contributed by atoms with E-state index in [9.17, 15) is 9.18 Å². The number of rotatable bonds is 9. The number of benzene rings is 1. The van der Waals surface area contributed by atoms with E-state index in [4.69, 9.17) is 0 Å². The first-order valence-corrected chi connectivity index (χ1v) is 7.95. The maximum absolute atomic E-state index is 13.5. The Bertz CT molecular complexity index is 415. The first-order chi connectivity index (χ1) is 10.2. The van der Waals surface area contributed by atoms with Crippen molar-refractivity contribution >= 4 is 6.03 Å². The van der Waals surface area contributed by atoms with Gasteiger partial charge in [-0.25, -0.2) is 9.18 Å². The highest BCUT2D eigenvalue weighted by molar-refractivity contribution is 5.74. The van der Waals surface area contributed by atoms with Crippen LogP contribution in [0.1, 0.15) is 45.1 Å². The zero-order valence-electron chi connectivity index (χ0n) is 13.2.